The first-order chi connectivity index (χ1) is 11.9. The Bertz CT molecular complexity index is 675. The smallest absolute Gasteiger partial charge is 0.224 e. The first-order valence-corrected chi connectivity index (χ1v) is 11.7. The van der Waals surface area contributed by atoms with Gasteiger partial charge < -0.3 is 5.32 Å². The van der Waals surface area contributed by atoms with E-state index in [0.717, 1.165) is 45.3 Å². The maximum absolute atomic E-state index is 12.6. The summed E-state index contributed by atoms with van der Waals surface area (Å²) in [4.78, 5) is 14.9. The minimum absolute atomic E-state index is 0.00790. The van der Waals surface area contributed by atoms with Gasteiger partial charge in [-0.3, -0.25) is 9.69 Å². The van der Waals surface area contributed by atoms with Crippen LogP contribution in [0.2, 0.25) is 0 Å². The molecule has 2 atom stereocenters. The maximum Gasteiger partial charge on any atom is 0.224 e. The van der Waals surface area contributed by atoms with Crippen molar-refractivity contribution < 1.29 is 13.2 Å². The molecule has 2 fully saturated rings. The monoisotopic (exact) mass is 385 g/mol. The van der Waals surface area contributed by atoms with Gasteiger partial charge in [-0.05, 0) is 48.2 Å². The van der Waals surface area contributed by atoms with Gasteiger partial charge in [0.05, 0.1) is 12.2 Å². The van der Waals surface area contributed by atoms with Crippen molar-refractivity contribution in [1.29, 1.82) is 0 Å². The highest BCUT2D eigenvalue weighted by Gasteiger charge is 2.40. The van der Waals surface area contributed by atoms with Gasteiger partial charge in [-0.1, -0.05) is 6.42 Å². The second kappa shape index (κ2) is 8.16. The van der Waals surface area contributed by atoms with Gasteiger partial charge in [0.15, 0.2) is 0 Å². The van der Waals surface area contributed by atoms with Crippen LogP contribution in [0.3, 0.4) is 0 Å². The molecule has 1 saturated carbocycles. The number of rotatable bonds is 3. The Hall–Kier alpha value is -0.960. The Morgan fingerprint density at radius 2 is 2.08 bits per heavy atom. The van der Waals surface area contributed by atoms with Crippen molar-refractivity contribution in [1.82, 2.24) is 14.5 Å². The fraction of sp³-hybridized carbons (Fsp3) is 0.706. The Kier molecular flexibility index (Phi) is 6.14. The molecule has 1 aromatic heterocycles. The van der Waals surface area contributed by atoms with Crippen LogP contribution in [0.15, 0.2) is 16.8 Å². The third-order valence-corrected chi connectivity index (χ3v) is 7.22. The number of hydrogen-bond donors (Lipinski definition) is 1. The van der Waals surface area contributed by atoms with E-state index in [2.05, 4.69) is 27.0 Å². The van der Waals surface area contributed by atoms with Gasteiger partial charge in [0.25, 0.3) is 0 Å². The zero-order valence-electron chi connectivity index (χ0n) is 14.7. The number of fused-ring (bicyclic) bond motifs is 1. The molecule has 1 N–H and O–H groups in total. The van der Waals surface area contributed by atoms with Crippen molar-refractivity contribution >= 4 is 27.3 Å². The second-order valence-electron chi connectivity index (χ2n) is 7.03. The van der Waals surface area contributed by atoms with Crippen molar-refractivity contribution in [2.24, 2.45) is 5.92 Å². The van der Waals surface area contributed by atoms with E-state index in [1.165, 1.54) is 11.8 Å². The molecule has 1 aliphatic carbocycles. The number of carbonyl (C=O) groups is 1. The highest BCUT2D eigenvalue weighted by Crippen LogP contribution is 2.32. The molecule has 25 heavy (non-hydrogen) atoms. The molecule has 1 saturated heterocycles. The van der Waals surface area contributed by atoms with Crippen LogP contribution in [0.4, 0.5) is 0 Å². The van der Waals surface area contributed by atoms with Gasteiger partial charge in [0.1, 0.15) is 0 Å². The molecular formula is C17H27N3O3S2. The van der Waals surface area contributed by atoms with Crippen molar-refractivity contribution in [3.8, 4) is 0 Å². The SMILES string of the molecule is CS(=O)(=O)N1CCCN(Cc2ccsc2)CCNC(=O)C2CCCC21. The van der Waals surface area contributed by atoms with Crippen LogP contribution in [0.25, 0.3) is 0 Å². The zero-order chi connectivity index (χ0) is 17.9. The zero-order valence-corrected chi connectivity index (χ0v) is 16.3. The molecule has 0 spiro atoms. The van der Waals surface area contributed by atoms with E-state index in [1.807, 2.05) is 0 Å². The number of amides is 1. The minimum atomic E-state index is -3.31. The second-order valence-corrected chi connectivity index (χ2v) is 9.75. The highest BCUT2D eigenvalue weighted by atomic mass is 32.2. The third-order valence-electron chi connectivity index (χ3n) is 5.18. The predicted octanol–water partition coefficient (Wildman–Crippen LogP) is 1.50. The van der Waals surface area contributed by atoms with E-state index in [1.54, 1.807) is 15.6 Å². The van der Waals surface area contributed by atoms with Gasteiger partial charge in [-0.2, -0.15) is 15.6 Å². The van der Waals surface area contributed by atoms with Crippen LogP contribution in [0.5, 0.6) is 0 Å². The number of hydrogen-bond acceptors (Lipinski definition) is 5. The van der Waals surface area contributed by atoms with E-state index in [0.29, 0.717) is 13.1 Å². The van der Waals surface area contributed by atoms with E-state index in [-0.39, 0.29) is 17.9 Å². The standard InChI is InChI=1S/C17H27N3O3S2/c1-25(22,23)20-9-3-8-19(12-14-6-11-24-13-14)10-7-18-17(21)15-4-2-5-16(15)20/h6,11,13,15-16H,2-5,7-10,12H2,1H3,(H,18,21). The van der Waals surface area contributed by atoms with E-state index in [4.69, 9.17) is 0 Å². The third kappa shape index (κ3) is 4.81. The molecule has 0 aromatic carbocycles. The quantitative estimate of drug-likeness (QED) is 0.856. The van der Waals surface area contributed by atoms with Crippen LogP contribution in [0, 0.1) is 5.92 Å². The van der Waals surface area contributed by atoms with Gasteiger partial charge >= 0.3 is 0 Å². The lowest BCUT2D eigenvalue weighted by molar-refractivity contribution is -0.125. The molecule has 0 bridgehead atoms. The first-order valence-electron chi connectivity index (χ1n) is 8.93. The van der Waals surface area contributed by atoms with Crippen LogP contribution < -0.4 is 5.32 Å². The predicted molar refractivity (Wildman–Crippen MR) is 99.9 cm³/mol. The molecule has 6 nitrogen and oxygen atoms in total. The molecule has 1 aliphatic heterocycles. The fourth-order valence-electron chi connectivity index (χ4n) is 4.00. The van der Waals surface area contributed by atoms with Gasteiger partial charge in [-0.15, -0.1) is 0 Å². The minimum Gasteiger partial charge on any atom is -0.355 e. The summed E-state index contributed by atoms with van der Waals surface area (Å²) < 4.78 is 26.2. The van der Waals surface area contributed by atoms with Crippen molar-refractivity contribution in [3.63, 3.8) is 0 Å². The topological polar surface area (TPSA) is 69.7 Å². The summed E-state index contributed by atoms with van der Waals surface area (Å²) in [6, 6.07) is 1.93. The lowest BCUT2D eigenvalue weighted by Gasteiger charge is -2.30. The highest BCUT2D eigenvalue weighted by molar-refractivity contribution is 7.88. The summed E-state index contributed by atoms with van der Waals surface area (Å²) in [7, 11) is -3.31. The Balaban J connectivity index is 1.74. The van der Waals surface area contributed by atoms with Crippen LogP contribution in [-0.4, -0.2) is 62.0 Å². The summed E-state index contributed by atoms with van der Waals surface area (Å²) >= 11 is 1.68. The molecule has 140 valence electrons. The average molecular weight is 386 g/mol. The largest absolute Gasteiger partial charge is 0.355 e. The summed E-state index contributed by atoms with van der Waals surface area (Å²) in [5.41, 5.74) is 1.27. The first kappa shape index (κ1) is 18.8. The van der Waals surface area contributed by atoms with E-state index < -0.39 is 10.0 Å². The molecule has 1 amide bonds. The normalized spacial score (nSPS) is 27.5. The number of nitrogens with zero attached hydrogens (tertiary/aromatic N) is 2. The van der Waals surface area contributed by atoms with Gasteiger partial charge in [0, 0.05) is 32.2 Å². The molecule has 2 unspecified atom stereocenters. The van der Waals surface area contributed by atoms with Crippen molar-refractivity contribution in [2.45, 2.75) is 38.3 Å². The van der Waals surface area contributed by atoms with Crippen LogP contribution in [-0.2, 0) is 21.4 Å². The molecule has 1 aromatic rings. The lowest BCUT2D eigenvalue weighted by Crippen LogP contribution is -2.47. The number of sulfonamides is 1. The number of thiophene rings is 1. The van der Waals surface area contributed by atoms with Crippen molar-refractivity contribution in [2.75, 3.05) is 32.4 Å². The summed E-state index contributed by atoms with van der Waals surface area (Å²) in [5, 5.41) is 7.23. The van der Waals surface area contributed by atoms with Gasteiger partial charge in [-0.25, -0.2) is 8.42 Å². The Morgan fingerprint density at radius 1 is 1.24 bits per heavy atom. The summed E-state index contributed by atoms with van der Waals surface area (Å²) in [6.07, 6.45) is 4.53. The average Bonchev–Trinajstić information content (AvgIpc) is 3.20. The maximum atomic E-state index is 12.6. The number of nitrogens with one attached hydrogen (secondary N) is 1. The number of carbonyl (C=O) groups excluding carboxylic acids is 1. The van der Waals surface area contributed by atoms with Crippen LogP contribution in [0.1, 0.15) is 31.2 Å². The summed E-state index contributed by atoms with van der Waals surface area (Å²) in [5.74, 6) is -0.202. The lowest BCUT2D eigenvalue weighted by atomic mass is 10.0. The van der Waals surface area contributed by atoms with E-state index >= 15 is 0 Å². The van der Waals surface area contributed by atoms with E-state index in [9.17, 15) is 13.2 Å². The molecule has 8 heteroatoms. The molecular weight excluding hydrogens is 358 g/mol. The Morgan fingerprint density at radius 3 is 2.80 bits per heavy atom. The fourth-order valence-corrected chi connectivity index (χ4v) is 5.86. The van der Waals surface area contributed by atoms with Crippen molar-refractivity contribution in [3.05, 3.63) is 22.4 Å². The molecule has 2 heterocycles. The van der Waals surface area contributed by atoms with Gasteiger partial charge in [0.2, 0.25) is 15.9 Å². The molecule has 0 radical (unpaired) electrons. The molecule has 2 aliphatic rings. The Labute approximate surface area is 154 Å². The molecule has 3 rings (SSSR count). The summed E-state index contributed by atoms with van der Waals surface area (Å²) in [6.45, 7) is 3.57. The van der Waals surface area contributed by atoms with Crippen LogP contribution >= 0.6 is 11.3 Å².